The first kappa shape index (κ1) is 52.0. The predicted molar refractivity (Wildman–Crippen MR) is 242 cm³/mol. The van der Waals surface area contributed by atoms with Gasteiger partial charge >= 0.3 is 18.0 Å². The summed E-state index contributed by atoms with van der Waals surface area (Å²) < 4.78 is 22.4. The van der Waals surface area contributed by atoms with E-state index in [1.807, 2.05) is 0 Å². The van der Waals surface area contributed by atoms with E-state index in [1.165, 1.54) is 32.1 Å². The molecule has 0 aliphatic carbocycles. The van der Waals surface area contributed by atoms with Gasteiger partial charge in [0.1, 0.15) is 19.8 Å². The monoisotopic (exact) mass is 825 g/mol. The first-order valence-corrected chi connectivity index (χ1v) is 23.7. The van der Waals surface area contributed by atoms with Gasteiger partial charge in [-0.25, -0.2) is 4.79 Å². The molecule has 9 nitrogen and oxygen atoms in total. The lowest BCUT2D eigenvalue weighted by molar-refractivity contribution is -0.150. The standard InChI is InChI=1S/C50H84N2O7/c1-4-6-8-10-12-14-16-18-20-22-24-26-28-30-32-34-48(53)57-42-45(44-59-50(55)51(3)47-40-52(41-47)46-36-38-56-39-37-46)43-58-49(54)35-33-31-29-27-25-23-21-19-17-15-13-11-9-7-5-2/h6,8,12-15,18-21,45-47H,4-5,7,9-11,16-17,22-44H2,1-3H3/b8-6-,14-12-,15-13-,20-18-,21-19-. The lowest BCUT2D eigenvalue weighted by Crippen LogP contribution is -2.63. The maximum Gasteiger partial charge on any atom is 0.409 e. The summed E-state index contributed by atoms with van der Waals surface area (Å²) >= 11 is 0. The zero-order chi connectivity index (χ0) is 42.4. The van der Waals surface area contributed by atoms with Crippen molar-refractivity contribution in [2.24, 2.45) is 5.92 Å². The van der Waals surface area contributed by atoms with Crippen LogP contribution in [0.1, 0.15) is 168 Å². The zero-order valence-corrected chi connectivity index (χ0v) is 37.7. The van der Waals surface area contributed by atoms with E-state index in [0.717, 1.165) is 135 Å². The summed E-state index contributed by atoms with van der Waals surface area (Å²) in [5.74, 6) is -0.953. The number of carbonyl (C=O) groups excluding carboxylic acids is 3. The van der Waals surface area contributed by atoms with Crippen LogP contribution >= 0.6 is 0 Å². The summed E-state index contributed by atoms with van der Waals surface area (Å²) in [7, 11) is 1.78. The van der Waals surface area contributed by atoms with E-state index in [9.17, 15) is 14.4 Å². The number of likely N-dealkylation sites (tertiary alicyclic amines) is 1. The van der Waals surface area contributed by atoms with Gasteiger partial charge in [-0.15, -0.1) is 0 Å². The van der Waals surface area contributed by atoms with Crippen molar-refractivity contribution in [2.45, 2.75) is 180 Å². The molecule has 2 aliphatic heterocycles. The van der Waals surface area contributed by atoms with Gasteiger partial charge in [-0.05, 0) is 89.9 Å². The zero-order valence-electron chi connectivity index (χ0n) is 37.7. The Balaban J connectivity index is 1.64. The van der Waals surface area contributed by atoms with E-state index in [-0.39, 0.29) is 37.8 Å². The Morgan fingerprint density at radius 3 is 1.54 bits per heavy atom. The Hall–Kier alpha value is -3.17. The van der Waals surface area contributed by atoms with Crippen molar-refractivity contribution in [1.29, 1.82) is 0 Å². The normalized spacial score (nSPS) is 16.2. The molecule has 2 aliphatic rings. The van der Waals surface area contributed by atoms with Crippen LogP contribution in [-0.2, 0) is 28.5 Å². The number of hydrogen-bond donors (Lipinski definition) is 0. The van der Waals surface area contributed by atoms with E-state index < -0.39 is 12.0 Å². The number of unbranched alkanes of at least 4 members (excludes halogenated alkanes) is 13. The molecular weight excluding hydrogens is 741 g/mol. The molecule has 0 aromatic rings. The molecule has 1 unspecified atom stereocenters. The summed E-state index contributed by atoms with van der Waals surface area (Å²) in [6.45, 7) is 7.75. The van der Waals surface area contributed by atoms with Crippen LogP contribution in [0.15, 0.2) is 60.8 Å². The minimum absolute atomic E-state index is 0.0187. The first-order chi connectivity index (χ1) is 28.9. The molecule has 1 atom stereocenters. The summed E-state index contributed by atoms with van der Waals surface area (Å²) in [6.07, 6.45) is 46.5. The van der Waals surface area contributed by atoms with Gasteiger partial charge in [-0.3, -0.25) is 14.5 Å². The van der Waals surface area contributed by atoms with Gasteiger partial charge in [-0.2, -0.15) is 0 Å². The molecule has 59 heavy (non-hydrogen) atoms. The van der Waals surface area contributed by atoms with Crippen molar-refractivity contribution >= 4 is 18.0 Å². The van der Waals surface area contributed by atoms with Gasteiger partial charge < -0.3 is 23.8 Å². The fourth-order valence-electron chi connectivity index (χ4n) is 7.20. The third-order valence-corrected chi connectivity index (χ3v) is 11.2. The van der Waals surface area contributed by atoms with Gasteiger partial charge in [0.15, 0.2) is 0 Å². The number of likely N-dealkylation sites (N-methyl/N-ethyl adjacent to an activating group) is 1. The van der Waals surface area contributed by atoms with E-state index in [0.29, 0.717) is 18.9 Å². The third-order valence-electron chi connectivity index (χ3n) is 11.2. The van der Waals surface area contributed by atoms with Crippen molar-refractivity contribution in [1.82, 2.24) is 9.80 Å². The van der Waals surface area contributed by atoms with Crippen molar-refractivity contribution in [3.63, 3.8) is 0 Å². The molecule has 0 N–H and O–H groups in total. The number of rotatable bonds is 35. The van der Waals surface area contributed by atoms with Gasteiger partial charge in [0.05, 0.1) is 12.0 Å². The molecule has 1 amide bonds. The number of hydrogen-bond acceptors (Lipinski definition) is 8. The van der Waals surface area contributed by atoms with Crippen LogP contribution in [0, 0.1) is 5.92 Å². The summed E-state index contributed by atoms with van der Waals surface area (Å²) in [4.78, 5) is 42.4. The van der Waals surface area contributed by atoms with Gasteiger partial charge in [0.25, 0.3) is 0 Å². The lowest BCUT2D eigenvalue weighted by atomic mass is 9.99. The fraction of sp³-hybridized carbons (Fsp3) is 0.740. The summed E-state index contributed by atoms with van der Waals surface area (Å²) in [5.41, 5.74) is 0. The number of amides is 1. The fourth-order valence-corrected chi connectivity index (χ4v) is 7.20. The SMILES string of the molecule is CC/C=C\C/C=C\C/C=C\CCCCCCCC(=O)OCC(COC(=O)CCCCCCC/C=C\C/C=C\CCCCC)COC(=O)N(C)C1CN(C2CCOCC2)C1. The predicted octanol–water partition coefficient (Wildman–Crippen LogP) is 12.0. The minimum Gasteiger partial charge on any atom is -0.465 e. The Morgan fingerprint density at radius 1 is 0.593 bits per heavy atom. The number of carbonyl (C=O) groups is 3. The molecule has 0 aromatic heterocycles. The second-order valence-corrected chi connectivity index (χ2v) is 16.5. The molecule has 0 bridgehead atoms. The molecule has 0 aromatic carbocycles. The number of nitrogens with zero attached hydrogens (tertiary/aromatic N) is 2. The van der Waals surface area contributed by atoms with Crippen LogP contribution in [0.2, 0.25) is 0 Å². The number of allylic oxidation sites excluding steroid dienone is 10. The quantitative estimate of drug-likeness (QED) is 0.0270. The van der Waals surface area contributed by atoms with E-state index in [4.69, 9.17) is 18.9 Å². The Labute approximate surface area is 360 Å². The molecule has 2 saturated heterocycles. The molecular formula is C50H84N2O7. The highest BCUT2D eigenvalue weighted by molar-refractivity contribution is 5.70. The third kappa shape index (κ3) is 28.1. The molecule has 0 saturated carbocycles. The molecule has 2 rings (SSSR count). The Bertz CT molecular complexity index is 1220. The molecule has 336 valence electrons. The maximum atomic E-state index is 13.0. The minimum atomic E-state index is -0.425. The summed E-state index contributed by atoms with van der Waals surface area (Å²) in [6, 6.07) is 0.622. The molecule has 2 fully saturated rings. The van der Waals surface area contributed by atoms with E-state index in [1.54, 1.807) is 11.9 Å². The highest BCUT2D eigenvalue weighted by atomic mass is 16.6. The van der Waals surface area contributed by atoms with Crippen LogP contribution in [-0.4, -0.2) is 93.1 Å². The maximum absolute atomic E-state index is 13.0. The lowest BCUT2D eigenvalue weighted by Gasteiger charge is -2.48. The highest BCUT2D eigenvalue weighted by Gasteiger charge is 2.37. The van der Waals surface area contributed by atoms with Crippen LogP contribution in [0.25, 0.3) is 0 Å². The Morgan fingerprint density at radius 2 is 1.03 bits per heavy atom. The Kier molecular flexibility index (Phi) is 32.3. The van der Waals surface area contributed by atoms with Crippen LogP contribution in [0.3, 0.4) is 0 Å². The largest absolute Gasteiger partial charge is 0.465 e. The molecule has 0 spiro atoms. The van der Waals surface area contributed by atoms with Gasteiger partial charge in [0, 0.05) is 52.2 Å². The topological polar surface area (TPSA) is 94.6 Å². The van der Waals surface area contributed by atoms with Crippen molar-refractivity contribution in [2.75, 3.05) is 53.2 Å². The van der Waals surface area contributed by atoms with E-state index >= 15 is 0 Å². The second kappa shape index (κ2) is 36.7. The smallest absolute Gasteiger partial charge is 0.409 e. The van der Waals surface area contributed by atoms with E-state index in [2.05, 4.69) is 79.5 Å². The van der Waals surface area contributed by atoms with Crippen molar-refractivity contribution < 1.29 is 33.3 Å². The van der Waals surface area contributed by atoms with Gasteiger partial charge in [0.2, 0.25) is 0 Å². The highest BCUT2D eigenvalue weighted by Crippen LogP contribution is 2.23. The van der Waals surface area contributed by atoms with Crippen molar-refractivity contribution in [3.05, 3.63) is 60.8 Å². The number of ether oxygens (including phenoxy) is 4. The summed E-state index contributed by atoms with van der Waals surface area (Å²) in [5, 5.41) is 0. The second-order valence-electron chi connectivity index (χ2n) is 16.5. The first-order valence-electron chi connectivity index (χ1n) is 23.7. The van der Waals surface area contributed by atoms with Crippen LogP contribution in [0.4, 0.5) is 4.79 Å². The molecule has 2 heterocycles. The van der Waals surface area contributed by atoms with Crippen molar-refractivity contribution in [3.8, 4) is 0 Å². The molecule has 9 heteroatoms. The van der Waals surface area contributed by atoms with Crippen LogP contribution < -0.4 is 0 Å². The van der Waals surface area contributed by atoms with Gasteiger partial charge in [-0.1, -0.05) is 126 Å². The van der Waals surface area contributed by atoms with Crippen LogP contribution in [0.5, 0.6) is 0 Å². The average Bonchev–Trinajstić information content (AvgIpc) is 3.23. The number of esters is 2. The average molecular weight is 825 g/mol. The molecule has 0 radical (unpaired) electrons.